The second-order valence-electron chi connectivity index (χ2n) is 6.70. The summed E-state index contributed by atoms with van der Waals surface area (Å²) in [6.07, 6.45) is 1.49. The number of aromatic nitrogens is 1. The molecule has 0 spiro atoms. The lowest BCUT2D eigenvalue weighted by Crippen LogP contribution is -2.03. The van der Waals surface area contributed by atoms with Crippen LogP contribution >= 0.6 is 11.3 Å². The van der Waals surface area contributed by atoms with Gasteiger partial charge in [0.25, 0.3) is 0 Å². The van der Waals surface area contributed by atoms with Crippen molar-refractivity contribution in [3.63, 3.8) is 0 Å². The minimum atomic E-state index is -0.491. The Bertz CT molecular complexity index is 1110. The smallest absolute Gasteiger partial charge is 0.315 e. The van der Waals surface area contributed by atoms with Crippen molar-refractivity contribution in [1.82, 2.24) is 4.98 Å². The third kappa shape index (κ3) is 5.37. The number of nitrogens with zero attached hydrogens (tertiary/aromatic N) is 3. The molecule has 0 bridgehead atoms. The third-order valence-electron chi connectivity index (χ3n) is 4.52. The summed E-state index contributed by atoms with van der Waals surface area (Å²) < 4.78 is 11.0. The number of benzene rings is 2. The highest BCUT2D eigenvalue weighted by Gasteiger charge is 2.22. The highest BCUT2D eigenvalue weighted by atomic mass is 32.1. The maximum Gasteiger partial charge on any atom is 0.315 e. The molecule has 0 saturated heterocycles. The molecule has 1 aromatic heterocycles. The molecule has 9 heteroatoms. The van der Waals surface area contributed by atoms with Crippen molar-refractivity contribution in [3.05, 3.63) is 62.5 Å². The predicted octanol–water partition coefficient (Wildman–Crippen LogP) is 5.58. The number of hydrogen-bond donors (Lipinski definition) is 1. The number of rotatable bonds is 9. The fourth-order valence-corrected chi connectivity index (χ4v) is 3.56. The zero-order valence-electron chi connectivity index (χ0n) is 17.8. The third-order valence-corrected chi connectivity index (χ3v) is 5.27. The van der Waals surface area contributed by atoms with Crippen LogP contribution in [0.1, 0.15) is 30.5 Å². The summed E-state index contributed by atoms with van der Waals surface area (Å²) in [4.78, 5) is 15.5. The van der Waals surface area contributed by atoms with Gasteiger partial charge in [-0.25, -0.2) is 4.98 Å². The number of aryl methyl sites for hydroxylation is 2. The number of hydrogen-bond acceptors (Lipinski definition) is 8. The zero-order chi connectivity index (χ0) is 22.4. The molecule has 1 heterocycles. The van der Waals surface area contributed by atoms with Gasteiger partial charge in [0.2, 0.25) is 10.9 Å². The number of nitro groups is 1. The average Bonchev–Trinajstić information content (AvgIpc) is 3.20. The second-order valence-corrected chi connectivity index (χ2v) is 7.56. The van der Waals surface area contributed by atoms with Crippen molar-refractivity contribution < 1.29 is 14.4 Å². The van der Waals surface area contributed by atoms with E-state index in [9.17, 15) is 10.1 Å². The van der Waals surface area contributed by atoms with Crippen LogP contribution in [-0.4, -0.2) is 29.3 Å². The first-order valence-electron chi connectivity index (χ1n) is 9.83. The Balaban J connectivity index is 1.80. The van der Waals surface area contributed by atoms with Gasteiger partial charge in [0.15, 0.2) is 5.75 Å². The van der Waals surface area contributed by atoms with E-state index >= 15 is 0 Å². The molecule has 162 valence electrons. The molecule has 0 amide bonds. The first-order chi connectivity index (χ1) is 14.9. The lowest BCUT2D eigenvalue weighted by atomic mass is 10.1. The van der Waals surface area contributed by atoms with Gasteiger partial charge < -0.3 is 9.47 Å². The number of hydrazone groups is 1. The lowest BCUT2D eigenvalue weighted by Gasteiger charge is -2.11. The number of nitrogens with one attached hydrogen (secondary N) is 1. The van der Waals surface area contributed by atoms with Gasteiger partial charge >= 0.3 is 5.69 Å². The van der Waals surface area contributed by atoms with Crippen LogP contribution in [0.3, 0.4) is 0 Å². The molecule has 3 rings (SSSR count). The fourth-order valence-electron chi connectivity index (χ4n) is 2.89. The summed E-state index contributed by atoms with van der Waals surface area (Å²) in [6.45, 7) is 8.36. The van der Waals surface area contributed by atoms with Crippen molar-refractivity contribution in [1.29, 1.82) is 0 Å². The normalized spacial score (nSPS) is 11.0. The molecule has 0 aliphatic rings. The van der Waals surface area contributed by atoms with E-state index in [1.54, 1.807) is 19.9 Å². The van der Waals surface area contributed by atoms with Crippen LogP contribution in [0.4, 0.5) is 10.8 Å². The van der Waals surface area contributed by atoms with Gasteiger partial charge in [-0.1, -0.05) is 12.1 Å². The van der Waals surface area contributed by atoms with Crippen molar-refractivity contribution in [2.24, 2.45) is 5.10 Å². The van der Waals surface area contributed by atoms with Crippen LogP contribution in [0.15, 0.2) is 40.8 Å². The van der Waals surface area contributed by atoms with E-state index in [0.717, 1.165) is 11.3 Å². The summed E-state index contributed by atoms with van der Waals surface area (Å²) in [5.74, 6) is 0.434. The molecule has 0 saturated carbocycles. The maximum absolute atomic E-state index is 11.5. The van der Waals surface area contributed by atoms with Gasteiger partial charge in [0.05, 0.1) is 30.0 Å². The monoisotopic (exact) mass is 440 g/mol. The van der Waals surface area contributed by atoms with E-state index in [1.807, 2.05) is 11.4 Å². The van der Waals surface area contributed by atoms with E-state index in [1.165, 1.54) is 34.7 Å². The van der Waals surface area contributed by atoms with E-state index < -0.39 is 4.92 Å². The first kappa shape index (κ1) is 22.2. The maximum atomic E-state index is 11.5. The zero-order valence-corrected chi connectivity index (χ0v) is 18.7. The highest BCUT2D eigenvalue weighted by Crippen LogP contribution is 2.38. The summed E-state index contributed by atoms with van der Waals surface area (Å²) >= 11 is 1.43. The number of nitro benzene ring substituents is 1. The molecule has 0 radical (unpaired) electrons. The summed E-state index contributed by atoms with van der Waals surface area (Å²) in [5, 5.41) is 18.2. The highest BCUT2D eigenvalue weighted by molar-refractivity contribution is 7.14. The van der Waals surface area contributed by atoms with E-state index in [0.29, 0.717) is 29.7 Å². The number of anilines is 1. The topological polar surface area (TPSA) is 98.9 Å². The number of thiazole rings is 1. The Morgan fingerprint density at radius 1 is 1.16 bits per heavy atom. The molecular formula is C22H24N4O4S. The largest absolute Gasteiger partial charge is 0.490 e. The molecule has 0 aliphatic heterocycles. The van der Waals surface area contributed by atoms with E-state index in [4.69, 9.17) is 9.47 Å². The van der Waals surface area contributed by atoms with Crippen LogP contribution in [0.2, 0.25) is 0 Å². The Hall–Kier alpha value is -3.46. The van der Waals surface area contributed by atoms with Crippen molar-refractivity contribution >= 4 is 28.4 Å². The minimum Gasteiger partial charge on any atom is -0.490 e. The molecule has 8 nitrogen and oxygen atoms in total. The Morgan fingerprint density at radius 2 is 1.94 bits per heavy atom. The standard InChI is InChI=1S/C22H24N4O4S/c1-5-29-20-11-16(10-19(26(27)28)21(20)30-6-2)12-23-25-22-24-18(13-31-22)17-8-7-14(3)15(4)9-17/h7-13H,5-6H2,1-4H3,(H,24,25)/b23-12-. The van der Waals surface area contributed by atoms with Gasteiger partial charge in [-0.3, -0.25) is 15.5 Å². The van der Waals surface area contributed by atoms with Crippen LogP contribution in [-0.2, 0) is 0 Å². The molecule has 0 fully saturated rings. The Labute approximate surface area is 184 Å². The SMILES string of the molecule is CCOc1cc(/C=N\Nc2nc(-c3ccc(C)c(C)c3)cs2)cc([N+](=O)[O-])c1OCC. The molecular weight excluding hydrogens is 416 g/mol. The summed E-state index contributed by atoms with van der Waals surface area (Å²) in [5.41, 5.74) is 7.58. The van der Waals surface area contributed by atoms with Gasteiger partial charge in [-0.15, -0.1) is 11.3 Å². The van der Waals surface area contributed by atoms with Gasteiger partial charge in [0, 0.05) is 22.6 Å². The van der Waals surface area contributed by atoms with E-state index in [-0.39, 0.29) is 11.4 Å². The summed E-state index contributed by atoms with van der Waals surface area (Å²) in [6, 6.07) is 9.28. The van der Waals surface area contributed by atoms with Crippen LogP contribution < -0.4 is 14.9 Å². The van der Waals surface area contributed by atoms with Crippen molar-refractivity contribution in [2.75, 3.05) is 18.6 Å². The predicted molar refractivity (Wildman–Crippen MR) is 124 cm³/mol. The van der Waals surface area contributed by atoms with Crippen LogP contribution in [0.5, 0.6) is 11.5 Å². The quantitative estimate of drug-likeness (QED) is 0.265. The molecule has 0 atom stereocenters. The van der Waals surface area contributed by atoms with Crippen molar-refractivity contribution in [2.45, 2.75) is 27.7 Å². The molecule has 1 N–H and O–H groups in total. The second kappa shape index (κ2) is 10.0. The molecule has 2 aromatic carbocycles. The molecule has 0 unspecified atom stereocenters. The Morgan fingerprint density at radius 3 is 2.61 bits per heavy atom. The van der Waals surface area contributed by atoms with Gasteiger partial charge in [-0.05, 0) is 51.0 Å². The van der Waals surface area contributed by atoms with Gasteiger partial charge in [-0.2, -0.15) is 5.10 Å². The van der Waals surface area contributed by atoms with Gasteiger partial charge in [0.1, 0.15) is 0 Å². The lowest BCUT2D eigenvalue weighted by molar-refractivity contribution is -0.385. The number of ether oxygens (including phenoxy) is 2. The molecule has 31 heavy (non-hydrogen) atoms. The summed E-state index contributed by atoms with van der Waals surface area (Å²) in [7, 11) is 0. The van der Waals surface area contributed by atoms with Crippen LogP contribution in [0, 0.1) is 24.0 Å². The molecule has 0 aliphatic carbocycles. The molecule has 3 aromatic rings. The average molecular weight is 441 g/mol. The van der Waals surface area contributed by atoms with Crippen molar-refractivity contribution in [3.8, 4) is 22.8 Å². The van der Waals surface area contributed by atoms with E-state index in [2.05, 4.69) is 41.5 Å². The fraction of sp³-hybridized carbons (Fsp3) is 0.273. The Kier molecular flexibility index (Phi) is 7.19. The first-order valence-corrected chi connectivity index (χ1v) is 10.7. The minimum absolute atomic E-state index is 0.123. The van der Waals surface area contributed by atoms with Crippen LogP contribution in [0.25, 0.3) is 11.3 Å².